The van der Waals surface area contributed by atoms with Crippen LogP contribution in [0.25, 0.3) is 0 Å². The maximum absolute atomic E-state index is 11.8. The standard InChI is InChI=1S/C24H23Cl3N2O2/c1-15(2)24(30)29-19-9-7-18(8-10-19)28-13-16-12-17(25)6-11-23(16)31-14-20-21(26)4-3-5-22(20)27/h3-12,15,28H,13-14H2,1-2H3,(H,29,30). The summed E-state index contributed by atoms with van der Waals surface area (Å²) in [5.41, 5.74) is 3.29. The molecule has 0 atom stereocenters. The topological polar surface area (TPSA) is 50.4 Å². The number of rotatable bonds is 8. The number of nitrogens with one attached hydrogen (secondary N) is 2. The molecule has 3 aromatic rings. The largest absolute Gasteiger partial charge is 0.488 e. The third-order valence-corrected chi connectivity index (χ3v) is 5.56. The van der Waals surface area contributed by atoms with E-state index in [0.29, 0.717) is 27.4 Å². The molecule has 0 aliphatic heterocycles. The van der Waals surface area contributed by atoms with Crippen molar-refractivity contribution in [2.45, 2.75) is 27.0 Å². The van der Waals surface area contributed by atoms with Crippen molar-refractivity contribution in [3.8, 4) is 5.75 Å². The summed E-state index contributed by atoms with van der Waals surface area (Å²) in [5.74, 6) is 0.605. The molecule has 3 aromatic carbocycles. The van der Waals surface area contributed by atoms with Crippen LogP contribution in [-0.4, -0.2) is 5.91 Å². The molecule has 2 N–H and O–H groups in total. The molecule has 0 radical (unpaired) electrons. The number of hydrogen-bond acceptors (Lipinski definition) is 3. The molecule has 0 aromatic heterocycles. The first kappa shape index (κ1) is 23.3. The number of anilines is 2. The predicted molar refractivity (Wildman–Crippen MR) is 129 cm³/mol. The lowest BCUT2D eigenvalue weighted by atomic mass is 10.1. The minimum Gasteiger partial charge on any atom is -0.488 e. The highest BCUT2D eigenvalue weighted by molar-refractivity contribution is 6.36. The molecule has 0 bridgehead atoms. The van der Waals surface area contributed by atoms with Crippen molar-refractivity contribution in [2.75, 3.05) is 10.6 Å². The van der Waals surface area contributed by atoms with Gasteiger partial charge in [0.15, 0.2) is 0 Å². The van der Waals surface area contributed by atoms with Gasteiger partial charge in [0.1, 0.15) is 12.4 Å². The summed E-state index contributed by atoms with van der Waals surface area (Å²) in [6, 6.07) is 18.4. The van der Waals surface area contributed by atoms with Crippen LogP contribution in [0.4, 0.5) is 11.4 Å². The highest BCUT2D eigenvalue weighted by atomic mass is 35.5. The molecule has 0 saturated carbocycles. The molecular weight excluding hydrogens is 455 g/mol. The van der Waals surface area contributed by atoms with Gasteiger partial charge in [0.25, 0.3) is 0 Å². The van der Waals surface area contributed by atoms with Crippen LogP contribution >= 0.6 is 34.8 Å². The second-order valence-corrected chi connectivity index (χ2v) is 8.57. The van der Waals surface area contributed by atoms with Crippen LogP contribution < -0.4 is 15.4 Å². The molecule has 0 heterocycles. The van der Waals surface area contributed by atoms with Crippen molar-refractivity contribution in [3.05, 3.63) is 86.9 Å². The minimum atomic E-state index is -0.0697. The van der Waals surface area contributed by atoms with E-state index in [2.05, 4.69) is 10.6 Å². The predicted octanol–water partition coefficient (Wildman–Crippen LogP) is 7.43. The van der Waals surface area contributed by atoms with Crippen LogP contribution in [0.1, 0.15) is 25.0 Å². The Balaban J connectivity index is 1.66. The first-order chi connectivity index (χ1) is 14.8. The van der Waals surface area contributed by atoms with E-state index in [1.54, 1.807) is 24.3 Å². The van der Waals surface area contributed by atoms with Gasteiger partial charge in [0, 0.05) is 50.0 Å². The lowest BCUT2D eigenvalue weighted by Gasteiger charge is -2.15. The van der Waals surface area contributed by atoms with Crippen LogP contribution in [0.2, 0.25) is 15.1 Å². The summed E-state index contributed by atoms with van der Waals surface area (Å²) in [7, 11) is 0. The summed E-state index contributed by atoms with van der Waals surface area (Å²) in [6.45, 7) is 4.46. The lowest BCUT2D eigenvalue weighted by Crippen LogP contribution is -2.17. The Labute approximate surface area is 197 Å². The lowest BCUT2D eigenvalue weighted by molar-refractivity contribution is -0.118. The Morgan fingerprint density at radius 1 is 0.935 bits per heavy atom. The SMILES string of the molecule is CC(C)C(=O)Nc1ccc(NCc2cc(Cl)ccc2OCc2c(Cl)cccc2Cl)cc1. The fourth-order valence-electron chi connectivity index (χ4n) is 2.80. The first-order valence-corrected chi connectivity index (χ1v) is 11.0. The fourth-order valence-corrected chi connectivity index (χ4v) is 3.50. The Morgan fingerprint density at radius 3 is 2.23 bits per heavy atom. The summed E-state index contributed by atoms with van der Waals surface area (Å²) in [5, 5.41) is 7.96. The van der Waals surface area contributed by atoms with E-state index in [-0.39, 0.29) is 18.4 Å². The van der Waals surface area contributed by atoms with Gasteiger partial charge in [0.2, 0.25) is 5.91 Å². The molecular formula is C24H23Cl3N2O2. The van der Waals surface area contributed by atoms with Crippen LogP contribution in [0.15, 0.2) is 60.7 Å². The van der Waals surface area contributed by atoms with Gasteiger partial charge in [-0.2, -0.15) is 0 Å². The van der Waals surface area contributed by atoms with Gasteiger partial charge < -0.3 is 15.4 Å². The Kier molecular flexibility index (Phi) is 8.08. The molecule has 31 heavy (non-hydrogen) atoms. The quantitative estimate of drug-likeness (QED) is 0.354. The Bertz CT molecular complexity index is 1030. The molecule has 4 nitrogen and oxygen atoms in total. The van der Waals surface area contributed by atoms with Crippen molar-refractivity contribution in [1.29, 1.82) is 0 Å². The maximum atomic E-state index is 11.8. The zero-order valence-corrected chi connectivity index (χ0v) is 19.5. The van der Waals surface area contributed by atoms with Crippen LogP contribution in [0, 0.1) is 5.92 Å². The molecule has 0 fully saturated rings. The van der Waals surface area contributed by atoms with Crippen molar-refractivity contribution in [3.63, 3.8) is 0 Å². The second-order valence-electron chi connectivity index (χ2n) is 7.32. The Hall–Kier alpha value is -2.40. The van der Waals surface area contributed by atoms with Gasteiger partial charge in [-0.05, 0) is 54.6 Å². The summed E-state index contributed by atoms with van der Waals surface area (Å²) >= 11 is 18.7. The molecule has 1 amide bonds. The van der Waals surface area contributed by atoms with E-state index < -0.39 is 0 Å². The molecule has 0 unspecified atom stereocenters. The number of halogens is 3. The normalized spacial score (nSPS) is 10.8. The van der Waals surface area contributed by atoms with Gasteiger partial charge in [-0.15, -0.1) is 0 Å². The Morgan fingerprint density at radius 2 is 1.58 bits per heavy atom. The zero-order chi connectivity index (χ0) is 22.4. The van der Waals surface area contributed by atoms with E-state index in [0.717, 1.165) is 22.5 Å². The number of ether oxygens (including phenoxy) is 1. The number of carbonyl (C=O) groups is 1. The van der Waals surface area contributed by atoms with E-state index in [4.69, 9.17) is 39.5 Å². The summed E-state index contributed by atoms with van der Waals surface area (Å²) < 4.78 is 6.00. The summed E-state index contributed by atoms with van der Waals surface area (Å²) in [4.78, 5) is 11.8. The number of amides is 1. The third-order valence-electron chi connectivity index (χ3n) is 4.62. The number of hydrogen-bond donors (Lipinski definition) is 2. The van der Waals surface area contributed by atoms with Crippen LogP contribution in [0.5, 0.6) is 5.75 Å². The zero-order valence-electron chi connectivity index (χ0n) is 17.2. The van der Waals surface area contributed by atoms with Gasteiger partial charge in [-0.1, -0.05) is 54.7 Å². The van der Waals surface area contributed by atoms with Gasteiger partial charge in [-0.3, -0.25) is 4.79 Å². The van der Waals surface area contributed by atoms with Crippen molar-refractivity contribution >= 4 is 52.1 Å². The van der Waals surface area contributed by atoms with E-state index >= 15 is 0 Å². The maximum Gasteiger partial charge on any atom is 0.226 e. The summed E-state index contributed by atoms with van der Waals surface area (Å²) in [6.07, 6.45) is 0. The van der Waals surface area contributed by atoms with Crippen molar-refractivity contribution < 1.29 is 9.53 Å². The first-order valence-electron chi connectivity index (χ1n) is 9.82. The minimum absolute atomic E-state index is 0.0138. The molecule has 0 aliphatic carbocycles. The molecule has 0 saturated heterocycles. The van der Waals surface area contributed by atoms with Gasteiger partial charge in [-0.25, -0.2) is 0 Å². The van der Waals surface area contributed by atoms with E-state index in [1.165, 1.54) is 0 Å². The monoisotopic (exact) mass is 476 g/mol. The van der Waals surface area contributed by atoms with Crippen LogP contribution in [0.3, 0.4) is 0 Å². The molecule has 0 spiro atoms. The molecule has 3 rings (SSSR count). The fraction of sp³-hybridized carbons (Fsp3) is 0.208. The number of carbonyl (C=O) groups excluding carboxylic acids is 1. The smallest absolute Gasteiger partial charge is 0.226 e. The van der Waals surface area contributed by atoms with E-state index in [1.807, 2.05) is 50.2 Å². The van der Waals surface area contributed by atoms with Crippen LogP contribution in [-0.2, 0) is 17.9 Å². The van der Waals surface area contributed by atoms with Gasteiger partial charge in [0.05, 0.1) is 0 Å². The molecule has 0 aliphatic rings. The highest BCUT2D eigenvalue weighted by Crippen LogP contribution is 2.29. The average Bonchev–Trinajstić information content (AvgIpc) is 2.74. The molecule has 162 valence electrons. The number of benzene rings is 3. The molecule has 7 heteroatoms. The third kappa shape index (κ3) is 6.54. The average molecular weight is 478 g/mol. The van der Waals surface area contributed by atoms with Crippen molar-refractivity contribution in [2.24, 2.45) is 5.92 Å². The second kappa shape index (κ2) is 10.8. The van der Waals surface area contributed by atoms with Gasteiger partial charge >= 0.3 is 0 Å². The van der Waals surface area contributed by atoms with Crippen molar-refractivity contribution in [1.82, 2.24) is 0 Å². The highest BCUT2D eigenvalue weighted by Gasteiger charge is 2.10. The van der Waals surface area contributed by atoms with E-state index in [9.17, 15) is 4.79 Å².